The number of aliphatic hydroxyl groups is 1. The average Bonchev–Trinajstić information content (AvgIpc) is 3.34. The predicted octanol–water partition coefficient (Wildman–Crippen LogP) is 4.06. The van der Waals surface area contributed by atoms with Gasteiger partial charge in [-0.3, -0.25) is 19.9 Å². The van der Waals surface area contributed by atoms with Gasteiger partial charge in [-0.05, 0) is 69.4 Å². The van der Waals surface area contributed by atoms with Gasteiger partial charge in [-0.1, -0.05) is 0 Å². The van der Waals surface area contributed by atoms with E-state index in [1.165, 1.54) is 16.2 Å². The number of amides is 1. The van der Waals surface area contributed by atoms with Crippen molar-refractivity contribution in [3.05, 3.63) is 68.9 Å². The minimum absolute atomic E-state index is 0.100. The SMILES string of the molecule is CCOC(=O)c1c(N2C(=N)C(C(N)=O)=C(O)/C2=C\C(=O)c2ccc(OCC)cc2)sc2c1CCCC2. The molecule has 2 aliphatic rings. The highest BCUT2D eigenvalue weighted by Crippen LogP contribution is 2.45. The number of nitrogens with two attached hydrogens (primary N) is 1. The number of carbonyl (C=O) groups excluding carboxylic acids is 3. The summed E-state index contributed by atoms with van der Waals surface area (Å²) in [7, 11) is 0. The number of benzene rings is 1. The molecule has 1 aliphatic carbocycles. The van der Waals surface area contributed by atoms with Crippen LogP contribution in [0, 0.1) is 5.41 Å². The molecule has 1 aliphatic heterocycles. The molecule has 0 bridgehead atoms. The monoisotopic (exact) mass is 509 g/mol. The van der Waals surface area contributed by atoms with Gasteiger partial charge in [-0.2, -0.15) is 0 Å². The quantitative estimate of drug-likeness (QED) is 0.277. The standard InChI is InChI=1S/C26H27N3O6S/c1-3-34-15-11-9-14(10-12-15)18(30)13-17-22(31)21(24(28)32)23(27)29(17)25-20(26(33)35-4-2)16-7-5-6-8-19(16)36-25/h9-13,27,31H,3-8H2,1-2H3,(H2,28,32)/b17-13+,27-23?. The van der Waals surface area contributed by atoms with E-state index in [0.29, 0.717) is 34.9 Å². The van der Waals surface area contributed by atoms with Crippen molar-refractivity contribution in [2.24, 2.45) is 5.73 Å². The van der Waals surface area contributed by atoms with E-state index in [1.807, 2.05) is 6.92 Å². The van der Waals surface area contributed by atoms with Crippen LogP contribution < -0.4 is 15.4 Å². The van der Waals surface area contributed by atoms with Crippen LogP contribution in [0.5, 0.6) is 5.75 Å². The molecular weight excluding hydrogens is 482 g/mol. The van der Waals surface area contributed by atoms with Gasteiger partial charge in [0, 0.05) is 16.5 Å². The molecule has 0 saturated heterocycles. The molecule has 0 saturated carbocycles. The second kappa shape index (κ2) is 10.4. The number of ether oxygens (including phenoxy) is 2. The topological polar surface area (TPSA) is 143 Å². The van der Waals surface area contributed by atoms with E-state index >= 15 is 0 Å². The van der Waals surface area contributed by atoms with Gasteiger partial charge in [-0.15, -0.1) is 11.3 Å². The molecule has 4 N–H and O–H groups in total. The number of anilines is 1. The van der Waals surface area contributed by atoms with Crippen molar-refractivity contribution in [1.82, 2.24) is 0 Å². The summed E-state index contributed by atoms with van der Waals surface area (Å²) in [5.41, 5.74) is 6.39. The number of carbonyl (C=O) groups is 3. The Balaban J connectivity index is 1.84. The van der Waals surface area contributed by atoms with Crippen LogP contribution in [0.2, 0.25) is 0 Å². The maximum absolute atomic E-state index is 13.1. The number of allylic oxidation sites excluding steroid dienone is 1. The summed E-state index contributed by atoms with van der Waals surface area (Å²) < 4.78 is 10.7. The Hall–Kier alpha value is -3.92. The van der Waals surface area contributed by atoms with Crippen LogP contribution in [0.25, 0.3) is 0 Å². The Morgan fingerprint density at radius 1 is 1.14 bits per heavy atom. The number of nitrogens with one attached hydrogen (secondary N) is 1. The van der Waals surface area contributed by atoms with E-state index in [-0.39, 0.29) is 12.3 Å². The van der Waals surface area contributed by atoms with E-state index in [0.717, 1.165) is 35.8 Å². The van der Waals surface area contributed by atoms with Crippen LogP contribution in [0.4, 0.5) is 5.00 Å². The van der Waals surface area contributed by atoms with Gasteiger partial charge in [0.2, 0.25) is 0 Å². The molecule has 2 aromatic rings. The lowest BCUT2D eigenvalue weighted by Gasteiger charge is -2.21. The fourth-order valence-electron chi connectivity index (χ4n) is 4.37. The summed E-state index contributed by atoms with van der Waals surface area (Å²) in [6, 6.07) is 6.47. The highest BCUT2D eigenvalue weighted by molar-refractivity contribution is 7.17. The molecule has 0 atom stereocenters. The van der Waals surface area contributed by atoms with Crippen molar-refractivity contribution < 1.29 is 29.0 Å². The van der Waals surface area contributed by atoms with E-state index in [2.05, 4.69) is 0 Å². The molecule has 0 radical (unpaired) electrons. The maximum Gasteiger partial charge on any atom is 0.341 e. The number of primary amides is 1. The third kappa shape index (κ3) is 4.51. The molecule has 1 aromatic heterocycles. The number of hydrogen-bond acceptors (Lipinski definition) is 8. The van der Waals surface area contributed by atoms with Gasteiger partial charge in [0.15, 0.2) is 11.5 Å². The molecule has 0 unspecified atom stereocenters. The summed E-state index contributed by atoms with van der Waals surface area (Å²) in [4.78, 5) is 40.5. The molecule has 1 amide bonds. The first-order chi connectivity index (χ1) is 17.3. The van der Waals surface area contributed by atoms with Gasteiger partial charge in [0.05, 0.1) is 24.5 Å². The highest BCUT2D eigenvalue weighted by atomic mass is 32.1. The summed E-state index contributed by atoms with van der Waals surface area (Å²) in [6.07, 6.45) is 4.44. The van der Waals surface area contributed by atoms with Crippen molar-refractivity contribution in [3.8, 4) is 5.75 Å². The zero-order valence-electron chi connectivity index (χ0n) is 20.1. The third-order valence-electron chi connectivity index (χ3n) is 5.98. The van der Waals surface area contributed by atoms with E-state index < -0.39 is 34.8 Å². The second-order valence-corrected chi connectivity index (χ2v) is 9.32. The Morgan fingerprint density at radius 3 is 2.47 bits per heavy atom. The van der Waals surface area contributed by atoms with E-state index in [9.17, 15) is 19.5 Å². The number of aryl methyl sites for hydroxylation is 1. The molecule has 0 fully saturated rings. The van der Waals surface area contributed by atoms with Gasteiger partial charge < -0.3 is 20.3 Å². The van der Waals surface area contributed by atoms with Crippen molar-refractivity contribution in [2.45, 2.75) is 39.5 Å². The van der Waals surface area contributed by atoms with Crippen molar-refractivity contribution >= 4 is 39.8 Å². The number of esters is 1. The minimum Gasteiger partial charge on any atom is -0.505 e. The van der Waals surface area contributed by atoms with Crippen molar-refractivity contribution in [3.63, 3.8) is 0 Å². The first-order valence-corrected chi connectivity index (χ1v) is 12.5. The van der Waals surface area contributed by atoms with Gasteiger partial charge in [0.25, 0.3) is 5.91 Å². The minimum atomic E-state index is -1.02. The molecule has 36 heavy (non-hydrogen) atoms. The number of nitrogens with zero attached hydrogens (tertiary/aromatic N) is 1. The van der Waals surface area contributed by atoms with Crippen LogP contribution >= 0.6 is 11.3 Å². The Kier molecular flexibility index (Phi) is 7.25. The van der Waals surface area contributed by atoms with Crippen LogP contribution in [-0.2, 0) is 22.4 Å². The van der Waals surface area contributed by atoms with Crippen LogP contribution in [-0.4, -0.2) is 41.8 Å². The Labute approximate surface area is 212 Å². The number of fused-ring (bicyclic) bond motifs is 1. The normalized spacial score (nSPS) is 16.3. The number of hydrogen-bond donors (Lipinski definition) is 3. The van der Waals surface area contributed by atoms with Crippen molar-refractivity contribution in [2.75, 3.05) is 18.1 Å². The summed E-state index contributed by atoms with van der Waals surface area (Å²) in [5.74, 6) is -2.43. The zero-order chi connectivity index (χ0) is 26.0. The van der Waals surface area contributed by atoms with Crippen LogP contribution in [0.1, 0.15) is 57.8 Å². The lowest BCUT2D eigenvalue weighted by Crippen LogP contribution is -2.30. The summed E-state index contributed by atoms with van der Waals surface area (Å²) in [5, 5.41) is 19.9. The fraction of sp³-hybridized carbons (Fsp3) is 0.308. The molecule has 0 spiro atoms. The first kappa shape index (κ1) is 25.2. The highest BCUT2D eigenvalue weighted by Gasteiger charge is 2.41. The number of amidine groups is 1. The molecule has 4 rings (SSSR count). The molecule has 10 heteroatoms. The van der Waals surface area contributed by atoms with E-state index in [4.69, 9.17) is 20.6 Å². The Bertz CT molecular complexity index is 1310. The maximum atomic E-state index is 13.1. The molecule has 1 aromatic carbocycles. The Morgan fingerprint density at radius 2 is 1.83 bits per heavy atom. The number of ketones is 1. The molecule has 188 valence electrons. The van der Waals surface area contributed by atoms with Gasteiger partial charge >= 0.3 is 5.97 Å². The number of rotatable bonds is 8. The first-order valence-electron chi connectivity index (χ1n) is 11.7. The van der Waals surface area contributed by atoms with Crippen LogP contribution in [0.3, 0.4) is 0 Å². The lowest BCUT2D eigenvalue weighted by atomic mass is 9.95. The molecule has 9 nitrogen and oxygen atoms in total. The number of thiophene rings is 1. The van der Waals surface area contributed by atoms with Gasteiger partial charge in [-0.25, -0.2) is 4.79 Å². The average molecular weight is 510 g/mol. The third-order valence-corrected chi connectivity index (χ3v) is 7.26. The second-order valence-electron chi connectivity index (χ2n) is 8.23. The summed E-state index contributed by atoms with van der Waals surface area (Å²) >= 11 is 1.29. The lowest BCUT2D eigenvalue weighted by molar-refractivity contribution is -0.114. The van der Waals surface area contributed by atoms with E-state index in [1.54, 1.807) is 31.2 Å². The fourth-order valence-corrected chi connectivity index (χ4v) is 5.76. The number of aliphatic hydroxyl groups excluding tert-OH is 1. The molecule has 2 heterocycles. The predicted molar refractivity (Wildman–Crippen MR) is 136 cm³/mol. The largest absolute Gasteiger partial charge is 0.505 e. The zero-order valence-corrected chi connectivity index (χ0v) is 20.9. The van der Waals surface area contributed by atoms with Crippen molar-refractivity contribution in [1.29, 1.82) is 5.41 Å². The smallest absolute Gasteiger partial charge is 0.341 e. The van der Waals surface area contributed by atoms with Gasteiger partial charge in [0.1, 0.15) is 22.2 Å². The van der Waals surface area contributed by atoms with Crippen LogP contribution in [0.15, 0.2) is 47.4 Å². The summed E-state index contributed by atoms with van der Waals surface area (Å²) in [6.45, 7) is 4.20. The molecular formula is C26H27N3O6S.